The van der Waals surface area contributed by atoms with Gasteiger partial charge in [0.2, 0.25) is 5.91 Å². The van der Waals surface area contributed by atoms with Crippen LogP contribution in [-0.2, 0) is 11.3 Å². The highest BCUT2D eigenvalue weighted by molar-refractivity contribution is 14.0. The average Bonchev–Trinajstić information content (AvgIpc) is 2.51. The third-order valence-corrected chi connectivity index (χ3v) is 4.43. The molecule has 1 atom stereocenters. The van der Waals surface area contributed by atoms with Crippen LogP contribution >= 0.6 is 24.0 Å². The minimum atomic E-state index is 0. The molecule has 1 aromatic carbocycles. The van der Waals surface area contributed by atoms with Gasteiger partial charge in [-0.2, -0.15) is 0 Å². The SMILES string of the molecule is CCNC(=NCc1cccc(NC(=O)C2CCC2)c1)NC(C)CC.I. The Morgan fingerprint density at radius 1 is 1.32 bits per heavy atom. The predicted molar refractivity (Wildman–Crippen MR) is 116 cm³/mol. The molecule has 1 aliphatic rings. The summed E-state index contributed by atoms with van der Waals surface area (Å²) in [6.07, 6.45) is 4.25. The zero-order valence-corrected chi connectivity index (χ0v) is 17.8. The zero-order chi connectivity index (χ0) is 17.4. The molecule has 140 valence electrons. The van der Waals surface area contributed by atoms with Gasteiger partial charge in [0.05, 0.1) is 6.54 Å². The van der Waals surface area contributed by atoms with Crippen LogP contribution in [0.5, 0.6) is 0 Å². The number of benzene rings is 1. The van der Waals surface area contributed by atoms with Gasteiger partial charge in [-0.25, -0.2) is 4.99 Å². The molecule has 0 heterocycles. The van der Waals surface area contributed by atoms with E-state index in [1.165, 1.54) is 6.42 Å². The first kappa shape index (κ1) is 21.7. The number of hydrogen-bond acceptors (Lipinski definition) is 2. The Morgan fingerprint density at radius 3 is 2.68 bits per heavy atom. The van der Waals surface area contributed by atoms with Crippen LogP contribution in [0, 0.1) is 5.92 Å². The van der Waals surface area contributed by atoms with E-state index >= 15 is 0 Å². The van der Waals surface area contributed by atoms with E-state index in [9.17, 15) is 4.79 Å². The smallest absolute Gasteiger partial charge is 0.227 e. The first-order valence-corrected chi connectivity index (χ1v) is 9.07. The van der Waals surface area contributed by atoms with Crippen molar-refractivity contribution in [3.05, 3.63) is 29.8 Å². The van der Waals surface area contributed by atoms with Crippen molar-refractivity contribution in [1.29, 1.82) is 0 Å². The van der Waals surface area contributed by atoms with E-state index in [0.29, 0.717) is 12.6 Å². The molecule has 1 fully saturated rings. The second-order valence-corrected chi connectivity index (χ2v) is 6.47. The summed E-state index contributed by atoms with van der Waals surface area (Å²) >= 11 is 0. The van der Waals surface area contributed by atoms with E-state index in [4.69, 9.17) is 0 Å². The number of rotatable bonds is 7. The van der Waals surface area contributed by atoms with E-state index in [0.717, 1.165) is 43.0 Å². The Hall–Kier alpha value is -1.31. The summed E-state index contributed by atoms with van der Waals surface area (Å²) < 4.78 is 0. The fraction of sp³-hybridized carbons (Fsp3) is 0.579. The molecule has 1 amide bonds. The molecule has 3 N–H and O–H groups in total. The van der Waals surface area contributed by atoms with Crippen LogP contribution < -0.4 is 16.0 Å². The van der Waals surface area contributed by atoms with Gasteiger partial charge in [-0.1, -0.05) is 25.5 Å². The summed E-state index contributed by atoms with van der Waals surface area (Å²) in [4.78, 5) is 16.7. The number of aliphatic imine (C=N–C) groups is 1. The van der Waals surface area contributed by atoms with Crippen molar-refractivity contribution in [3.63, 3.8) is 0 Å². The maximum absolute atomic E-state index is 12.1. The summed E-state index contributed by atoms with van der Waals surface area (Å²) in [7, 11) is 0. The van der Waals surface area contributed by atoms with Gasteiger partial charge in [0.1, 0.15) is 0 Å². The van der Waals surface area contributed by atoms with Gasteiger partial charge in [0.25, 0.3) is 0 Å². The number of hydrogen-bond donors (Lipinski definition) is 3. The van der Waals surface area contributed by atoms with E-state index in [2.05, 4.69) is 41.7 Å². The third kappa shape index (κ3) is 7.22. The summed E-state index contributed by atoms with van der Waals surface area (Å²) in [5, 5.41) is 9.67. The van der Waals surface area contributed by atoms with Gasteiger partial charge < -0.3 is 16.0 Å². The number of carbonyl (C=O) groups excluding carboxylic acids is 1. The lowest BCUT2D eigenvalue weighted by molar-refractivity contribution is -0.122. The van der Waals surface area contributed by atoms with Crippen molar-refractivity contribution in [2.75, 3.05) is 11.9 Å². The molecule has 5 nitrogen and oxygen atoms in total. The number of carbonyl (C=O) groups is 1. The van der Waals surface area contributed by atoms with E-state index in [1.807, 2.05) is 24.3 Å². The average molecular weight is 458 g/mol. The fourth-order valence-electron chi connectivity index (χ4n) is 2.49. The highest BCUT2D eigenvalue weighted by atomic mass is 127. The summed E-state index contributed by atoms with van der Waals surface area (Å²) in [6.45, 7) is 7.77. The van der Waals surface area contributed by atoms with Gasteiger partial charge in [-0.05, 0) is 50.8 Å². The van der Waals surface area contributed by atoms with Crippen LogP contribution in [0.25, 0.3) is 0 Å². The Kier molecular flexibility index (Phi) is 9.85. The minimum absolute atomic E-state index is 0. The molecule has 1 saturated carbocycles. The zero-order valence-electron chi connectivity index (χ0n) is 15.5. The van der Waals surface area contributed by atoms with E-state index in [1.54, 1.807) is 0 Å². The highest BCUT2D eigenvalue weighted by Gasteiger charge is 2.25. The number of nitrogens with zero attached hydrogens (tertiary/aromatic N) is 1. The first-order valence-electron chi connectivity index (χ1n) is 9.07. The lowest BCUT2D eigenvalue weighted by Gasteiger charge is -2.24. The Balaban J connectivity index is 0.00000312. The van der Waals surface area contributed by atoms with Gasteiger partial charge in [0, 0.05) is 24.2 Å². The second kappa shape index (κ2) is 11.3. The molecule has 6 heteroatoms. The van der Waals surface area contributed by atoms with Crippen molar-refractivity contribution in [3.8, 4) is 0 Å². The number of halogens is 1. The molecular formula is C19H31IN4O. The molecule has 0 saturated heterocycles. The van der Waals surface area contributed by atoms with Crippen LogP contribution in [0.15, 0.2) is 29.3 Å². The van der Waals surface area contributed by atoms with Gasteiger partial charge in [-0.3, -0.25) is 4.79 Å². The van der Waals surface area contributed by atoms with Gasteiger partial charge >= 0.3 is 0 Å². The number of guanidine groups is 1. The highest BCUT2D eigenvalue weighted by Crippen LogP contribution is 2.27. The van der Waals surface area contributed by atoms with Crippen LogP contribution in [0.1, 0.15) is 52.0 Å². The molecule has 0 radical (unpaired) electrons. The number of anilines is 1. The molecule has 0 aromatic heterocycles. The van der Waals surface area contributed by atoms with Crippen molar-refractivity contribution >= 4 is 41.5 Å². The summed E-state index contributed by atoms with van der Waals surface area (Å²) in [5.41, 5.74) is 1.95. The maximum Gasteiger partial charge on any atom is 0.227 e. The molecule has 25 heavy (non-hydrogen) atoms. The normalized spacial score (nSPS) is 15.6. The van der Waals surface area contributed by atoms with Crippen molar-refractivity contribution < 1.29 is 4.79 Å². The fourth-order valence-corrected chi connectivity index (χ4v) is 2.49. The second-order valence-electron chi connectivity index (χ2n) is 6.47. The Bertz CT molecular complexity index is 572. The minimum Gasteiger partial charge on any atom is -0.357 e. The lowest BCUT2D eigenvalue weighted by atomic mass is 9.85. The largest absolute Gasteiger partial charge is 0.357 e. The molecular weight excluding hydrogens is 427 g/mol. The van der Waals surface area contributed by atoms with Gasteiger partial charge in [-0.15, -0.1) is 24.0 Å². The molecule has 1 aliphatic carbocycles. The first-order chi connectivity index (χ1) is 11.6. The summed E-state index contributed by atoms with van der Waals surface area (Å²) in [5.74, 6) is 1.18. The van der Waals surface area contributed by atoms with Crippen LogP contribution in [-0.4, -0.2) is 24.5 Å². The topological polar surface area (TPSA) is 65.5 Å². The predicted octanol–water partition coefficient (Wildman–Crippen LogP) is 3.90. The van der Waals surface area contributed by atoms with Crippen LogP contribution in [0.2, 0.25) is 0 Å². The van der Waals surface area contributed by atoms with Crippen molar-refractivity contribution in [1.82, 2.24) is 10.6 Å². The Labute approximate surface area is 168 Å². The van der Waals surface area contributed by atoms with Crippen molar-refractivity contribution in [2.45, 2.75) is 59.0 Å². The van der Waals surface area contributed by atoms with Gasteiger partial charge in [0.15, 0.2) is 5.96 Å². The van der Waals surface area contributed by atoms with Crippen molar-refractivity contribution in [2.24, 2.45) is 10.9 Å². The molecule has 1 unspecified atom stereocenters. The lowest BCUT2D eigenvalue weighted by Crippen LogP contribution is -2.41. The summed E-state index contributed by atoms with van der Waals surface area (Å²) in [6, 6.07) is 8.33. The molecule has 2 rings (SSSR count). The molecule has 0 aliphatic heterocycles. The molecule has 0 spiro atoms. The molecule has 0 bridgehead atoms. The number of amides is 1. The monoisotopic (exact) mass is 458 g/mol. The third-order valence-electron chi connectivity index (χ3n) is 4.43. The maximum atomic E-state index is 12.1. The number of nitrogens with one attached hydrogen (secondary N) is 3. The molecule has 1 aromatic rings. The van der Waals surface area contributed by atoms with E-state index < -0.39 is 0 Å². The van der Waals surface area contributed by atoms with E-state index in [-0.39, 0.29) is 35.8 Å². The van der Waals surface area contributed by atoms with Crippen LogP contribution in [0.4, 0.5) is 5.69 Å². The Morgan fingerprint density at radius 2 is 2.08 bits per heavy atom. The quantitative estimate of drug-likeness (QED) is 0.330. The standard InChI is InChI=1S/C19H30N4O.HI/c1-4-14(3)22-19(20-5-2)21-13-15-8-6-11-17(12-15)23-18(24)16-9-7-10-16;/h6,8,11-12,14,16H,4-5,7,9-10,13H2,1-3H3,(H,23,24)(H2,20,21,22);1H. The van der Waals surface area contributed by atoms with Crippen LogP contribution in [0.3, 0.4) is 0 Å².